The molecule has 1 atom stereocenters. The third kappa shape index (κ3) is 4.26. The van der Waals surface area contributed by atoms with Crippen LogP contribution < -0.4 is 11.1 Å². The van der Waals surface area contributed by atoms with Crippen LogP contribution in [0.1, 0.15) is 23.7 Å². The minimum Gasteiger partial charge on any atom is -0.392 e. The normalized spacial score (nSPS) is 11.9. The third-order valence-electron chi connectivity index (χ3n) is 2.18. The molecule has 1 unspecified atom stereocenters. The lowest BCUT2D eigenvalue weighted by atomic mass is 10.1. The summed E-state index contributed by atoms with van der Waals surface area (Å²) in [6, 6.07) is 4.69. The molecule has 92 valence electrons. The fourth-order valence-electron chi connectivity index (χ4n) is 1.30. The van der Waals surface area contributed by atoms with Gasteiger partial charge in [-0.1, -0.05) is 46.7 Å². The molecule has 0 aliphatic heterocycles. The quantitative estimate of drug-likeness (QED) is 0.832. The second kappa shape index (κ2) is 6.33. The molecule has 0 fully saturated rings. The van der Waals surface area contributed by atoms with Crippen molar-refractivity contribution in [1.82, 2.24) is 5.32 Å². The molecule has 0 aliphatic carbocycles. The fourth-order valence-corrected chi connectivity index (χ4v) is 2.39. The molecule has 3 N–H and O–H groups in total. The van der Waals surface area contributed by atoms with Gasteiger partial charge in [0.1, 0.15) is 0 Å². The van der Waals surface area contributed by atoms with Gasteiger partial charge in [0, 0.05) is 15.1 Å². The van der Waals surface area contributed by atoms with Crippen molar-refractivity contribution >= 4 is 50.6 Å². The molecule has 1 aromatic carbocycles. The first-order valence-corrected chi connectivity index (χ1v) is 6.58. The molecule has 1 amide bonds. The molecule has 6 heteroatoms. The summed E-state index contributed by atoms with van der Waals surface area (Å²) < 4.78 is 0.749. The molecule has 0 radical (unpaired) electrons. The van der Waals surface area contributed by atoms with E-state index in [1.54, 1.807) is 18.2 Å². The zero-order valence-corrected chi connectivity index (χ0v) is 12.3. The second-order valence-electron chi connectivity index (χ2n) is 3.49. The predicted molar refractivity (Wildman–Crippen MR) is 77.5 cm³/mol. The first-order chi connectivity index (χ1) is 7.93. The Morgan fingerprint density at radius 3 is 2.71 bits per heavy atom. The number of nitrogens with one attached hydrogen (secondary N) is 1. The van der Waals surface area contributed by atoms with E-state index in [2.05, 4.69) is 21.2 Å². The van der Waals surface area contributed by atoms with E-state index in [1.165, 1.54) is 0 Å². The van der Waals surface area contributed by atoms with Crippen molar-refractivity contribution in [2.75, 3.05) is 0 Å². The van der Waals surface area contributed by atoms with Gasteiger partial charge < -0.3 is 11.1 Å². The van der Waals surface area contributed by atoms with Gasteiger partial charge in [-0.25, -0.2) is 0 Å². The van der Waals surface area contributed by atoms with Crippen LogP contribution in [-0.4, -0.2) is 16.9 Å². The van der Waals surface area contributed by atoms with Gasteiger partial charge >= 0.3 is 0 Å². The molecular formula is C11H12BrClN2OS. The zero-order valence-electron chi connectivity index (χ0n) is 9.17. The van der Waals surface area contributed by atoms with Gasteiger partial charge in [0.05, 0.1) is 11.0 Å². The van der Waals surface area contributed by atoms with Crippen LogP contribution in [0.4, 0.5) is 0 Å². The number of hydrogen-bond acceptors (Lipinski definition) is 2. The van der Waals surface area contributed by atoms with Gasteiger partial charge in [0.15, 0.2) is 0 Å². The molecule has 0 heterocycles. The smallest absolute Gasteiger partial charge is 0.251 e. The average molecular weight is 336 g/mol. The first kappa shape index (κ1) is 14.4. The molecule has 1 aromatic rings. The Morgan fingerprint density at radius 1 is 1.59 bits per heavy atom. The van der Waals surface area contributed by atoms with Gasteiger partial charge in [0.2, 0.25) is 0 Å². The molecule has 0 aliphatic rings. The van der Waals surface area contributed by atoms with Gasteiger partial charge in [0.25, 0.3) is 5.91 Å². The standard InChI is InChI=1S/C11H12BrClN2OS/c1-2-9(10(14)17)15-11(16)6-3-7(12)5-8(13)4-6/h3-5,9H,2H2,1H3,(H2,14,17)(H,15,16). The Labute approximate surface area is 119 Å². The number of rotatable bonds is 4. The molecule has 17 heavy (non-hydrogen) atoms. The Balaban J connectivity index is 2.86. The van der Waals surface area contributed by atoms with E-state index in [0.717, 1.165) is 4.47 Å². The van der Waals surface area contributed by atoms with Crippen LogP contribution >= 0.6 is 39.7 Å². The number of nitrogens with two attached hydrogens (primary N) is 1. The van der Waals surface area contributed by atoms with E-state index >= 15 is 0 Å². The molecule has 0 bridgehead atoms. The lowest BCUT2D eigenvalue weighted by Gasteiger charge is -2.15. The van der Waals surface area contributed by atoms with E-state index in [0.29, 0.717) is 17.0 Å². The maximum atomic E-state index is 11.9. The molecule has 3 nitrogen and oxygen atoms in total. The predicted octanol–water partition coefficient (Wildman–Crippen LogP) is 2.90. The molecule has 0 spiro atoms. The van der Waals surface area contributed by atoms with E-state index in [4.69, 9.17) is 29.6 Å². The summed E-state index contributed by atoms with van der Waals surface area (Å²) in [5.74, 6) is -0.243. The SMILES string of the molecule is CCC(NC(=O)c1cc(Cl)cc(Br)c1)C(N)=S. The topological polar surface area (TPSA) is 55.1 Å². The summed E-state index contributed by atoms with van der Waals surface area (Å²) in [7, 11) is 0. The van der Waals surface area contributed by atoms with Crippen molar-refractivity contribution in [1.29, 1.82) is 0 Å². The van der Waals surface area contributed by atoms with Crippen molar-refractivity contribution in [2.45, 2.75) is 19.4 Å². The number of carbonyl (C=O) groups is 1. The maximum Gasteiger partial charge on any atom is 0.251 e. The summed E-state index contributed by atoms with van der Waals surface area (Å²) in [5, 5.41) is 3.25. The third-order valence-corrected chi connectivity index (χ3v) is 3.14. The lowest BCUT2D eigenvalue weighted by molar-refractivity contribution is 0.0946. The maximum absolute atomic E-state index is 11.9. The highest BCUT2D eigenvalue weighted by atomic mass is 79.9. The van der Waals surface area contributed by atoms with Gasteiger partial charge in [-0.15, -0.1) is 0 Å². The van der Waals surface area contributed by atoms with Crippen molar-refractivity contribution in [3.8, 4) is 0 Å². The lowest BCUT2D eigenvalue weighted by Crippen LogP contribution is -2.43. The monoisotopic (exact) mass is 334 g/mol. The number of carbonyl (C=O) groups excluding carboxylic acids is 1. The number of hydrogen-bond donors (Lipinski definition) is 2. The van der Waals surface area contributed by atoms with Crippen LogP contribution in [0, 0.1) is 0 Å². The fraction of sp³-hybridized carbons (Fsp3) is 0.273. The van der Waals surface area contributed by atoms with Gasteiger partial charge in [-0.3, -0.25) is 4.79 Å². The van der Waals surface area contributed by atoms with Crippen molar-refractivity contribution in [2.24, 2.45) is 5.73 Å². The van der Waals surface area contributed by atoms with Crippen LogP contribution in [0.15, 0.2) is 22.7 Å². The van der Waals surface area contributed by atoms with E-state index in [9.17, 15) is 4.79 Å². The Hall–Kier alpha value is -0.650. The van der Waals surface area contributed by atoms with E-state index in [1.807, 2.05) is 6.92 Å². The number of amides is 1. The zero-order chi connectivity index (χ0) is 13.0. The molecule has 1 rings (SSSR count). The second-order valence-corrected chi connectivity index (χ2v) is 5.32. The van der Waals surface area contributed by atoms with Crippen LogP contribution in [0.25, 0.3) is 0 Å². The average Bonchev–Trinajstić information content (AvgIpc) is 2.23. The van der Waals surface area contributed by atoms with Crippen LogP contribution in [0.5, 0.6) is 0 Å². The van der Waals surface area contributed by atoms with Crippen LogP contribution in [-0.2, 0) is 0 Å². The minimum atomic E-state index is -0.296. The summed E-state index contributed by atoms with van der Waals surface area (Å²) in [6.07, 6.45) is 0.656. The summed E-state index contributed by atoms with van der Waals surface area (Å²) in [5.41, 5.74) is 5.99. The van der Waals surface area contributed by atoms with Gasteiger partial charge in [-0.2, -0.15) is 0 Å². The Morgan fingerprint density at radius 2 is 2.24 bits per heavy atom. The largest absolute Gasteiger partial charge is 0.392 e. The van der Waals surface area contributed by atoms with E-state index in [-0.39, 0.29) is 16.9 Å². The number of halogens is 2. The Kier molecular flexibility index (Phi) is 5.36. The van der Waals surface area contributed by atoms with E-state index < -0.39 is 0 Å². The highest BCUT2D eigenvalue weighted by Crippen LogP contribution is 2.19. The first-order valence-electron chi connectivity index (χ1n) is 5.00. The molecular weight excluding hydrogens is 324 g/mol. The molecule has 0 saturated carbocycles. The summed E-state index contributed by atoms with van der Waals surface area (Å²) >= 11 is 14.0. The van der Waals surface area contributed by atoms with Crippen LogP contribution in [0.3, 0.4) is 0 Å². The molecule has 0 saturated heterocycles. The van der Waals surface area contributed by atoms with Crippen molar-refractivity contribution in [3.05, 3.63) is 33.3 Å². The number of thiocarbonyl (C=S) groups is 1. The number of benzene rings is 1. The van der Waals surface area contributed by atoms with Gasteiger partial charge in [-0.05, 0) is 24.6 Å². The highest BCUT2D eigenvalue weighted by Gasteiger charge is 2.14. The summed E-state index contributed by atoms with van der Waals surface area (Å²) in [6.45, 7) is 1.90. The van der Waals surface area contributed by atoms with Crippen molar-refractivity contribution < 1.29 is 4.79 Å². The highest BCUT2D eigenvalue weighted by molar-refractivity contribution is 9.10. The van der Waals surface area contributed by atoms with Crippen LogP contribution in [0.2, 0.25) is 5.02 Å². The summed E-state index contributed by atoms with van der Waals surface area (Å²) in [4.78, 5) is 12.2. The Bertz CT molecular complexity index is 433. The van der Waals surface area contributed by atoms with Crippen molar-refractivity contribution in [3.63, 3.8) is 0 Å². The minimum absolute atomic E-state index is 0.243. The molecule has 0 aromatic heterocycles.